The molecule has 0 aromatic carbocycles. The Balaban J connectivity index is 2.63. The molecular formula is C11H21NO4S. The van der Waals surface area contributed by atoms with Crippen molar-refractivity contribution in [3.8, 4) is 0 Å². The van der Waals surface area contributed by atoms with E-state index in [1.807, 2.05) is 13.8 Å². The molecule has 0 spiro atoms. The van der Waals surface area contributed by atoms with Gasteiger partial charge in [0.25, 0.3) is 0 Å². The van der Waals surface area contributed by atoms with Crippen LogP contribution in [0.4, 0.5) is 0 Å². The molecule has 1 heterocycles. The molecule has 1 aliphatic rings. The van der Waals surface area contributed by atoms with Gasteiger partial charge in [-0.2, -0.15) is 0 Å². The second kappa shape index (κ2) is 5.82. The zero-order valence-corrected chi connectivity index (χ0v) is 11.2. The van der Waals surface area contributed by atoms with Crippen LogP contribution in [0.15, 0.2) is 0 Å². The smallest absolute Gasteiger partial charge is 0.303 e. The summed E-state index contributed by atoms with van der Waals surface area (Å²) in [5.41, 5.74) is 0. The van der Waals surface area contributed by atoms with Crippen LogP contribution in [0.5, 0.6) is 0 Å². The van der Waals surface area contributed by atoms with Crippen LogP contribution >= 0.6 is 0 Å². The number of nitrogens with zero attached hydrogens (tertiary/aromatic N) is 1. The predicted octanol–water partition coefficient (Wildman–Crippen LogP) is 1.16. The van der Waals surface area contributed by atoms with Crippen molar-refractivity contribution < 1.29 is 18.3 Å². The van der Waals surface area contributed by atoms with Crippen LogP contribution in [0.3, 0.4) is 0 Å². The molecule has 1 atom stereocenters. The van der Waals surface area contributed by atoms with Gasteiger partial charge in [-0.1, -0.05) is 13.8 Å². The number of carbonyl (C=O) groups is 1. The highest BCUT2D eigenvalue weighted by Gasteiger charge is 2.30. The first kappa shape index (κ1) is 14.4. The molecule has 100 valence electrons. The van der Waals surface area contributed by atoms with E-state index in [2.05, 4.69) is 0 Å². The monoisotopic (exact) mass is 263 g/mol. The Bertz CT molecular complexity index is 364. The van der Waals surface area contributed by atoms with Gasteiger partial charge in [-0.15, -0.1) is 0 Å². The van der Waals surface area contributed by atoms with E-state index in [0.29, 0.717) is 13.1 Å². The van der Waals surface area contributed by atoms with Crippen molar-refractivity contribution in [2.24, 2.45) is 11.8 Å². The van der Waals surface area contributed by atoms with Gasteiger partial charge in [0.05, 0.1) is 5.75 Å². The molecule has 0 aromatic heterocycles. The Morgan fingerprint density at radius 1 is 1.47 bits per heavy atom. The van der Waals surface area contributed by atoms with Gasteiger partial charge in [0.2, 0.25) is 10.0 Å². The molecule has 1 unspecified atom stereocenters. The van der Waals surface area contributed by atoms with Crippen molar-refractivity contribution in [1.29, 1.82) is 0 Å². The van der Waals surface area contributed by atoms with Crippen molar-refractivity contribution in [3.05, 3.63) is 0 Å². The standard InChI is InChI=1S/C11H21NO4S/c1-9(2)8-17(15,16)12-5-3-4-10(7-12)6-11(13)14/h9-10H,3-8H2,1-2H3,(H,13,14). The Kier molecular flexibility index (Phi) is 4.94. The van der Waals surface area contributed by atoms with Gasteiger partial charge in [-0.25, -0.2) is 12.7 Å². The molecule has 0 radical (unpaired) electrons. The summed E-state index contributed by atoms with van der Waals surface area (Å²) in [6.07, 6.45) is 1.63. The lowest BCUT2D eigenvalue weighted by atomic mass is 9.96. The Morgan fingerprint density at radius 2 is 2.12 bits per heavy atom. The molecule has 17 heavy (non-hydrogen) atoms. The topological polar surface area (TPSA) is 74.7 Å². The van der Waals surface area contributed by atoms with E-state index in [9.17, 15) is 13.2 Å². The molecule has 1 saturated heterocycles. The summed E-state index contributed by atoms with van der Waals surface area (Å²) in [5, 5.41) is 8.73. The third-order valence-corrected chi connectivity index (χ3v) is 5.09. The Morgan fingerprint density at radius 3 is 2.65 bits per heavy atom. The van der Waals surface area contributed by atoms with Gasteiger partial charge >= 0.3 is 5.97 Å². The van der Waals surface area contributed by atoms with Crippen LogP contribution < -0.4 is 0 Å². The maximum Gasteiger partial charge on any atom is 0.303 e. The number of hydrogen-bond acceptors (Lipinski definition) is 3. The maximum atomic E-state index is 12.0. The number of hydrogen-bond donors (Lipinski definition) is 1. The number of piperidine rings is 1. The maximum absolute atomic E-state index is 12.0. The van der Waals surface area contributed by atoms with E-state index in [-0.39, 0.29) is 24.0 Å². The highest BCUT2D eigenvalue weighted by Crippen LogP contribution is 2.22. The number of carboxylic acid groups (broad SMARTS) is 1. The average molecular weight is 263 g/mol. The van der Waals surface area contributed by atoms with Crippen molar-refractivity contribution in [2.45, 2.75) is 33.1 Å². The lowest BCUT2D eigenvalue weighted by Gasteiger charge is -2.31. The highest BCUT2D eigenvalue weighted by molar-refractivity contribution is 7.89. The minimum absolute atomic E-state index is 0.0387. The molecule has 0 amide bonds. The van der Waals surface area contributed by atoms with Gasteiger partial charge in [0.1, 0.15) is 0 Å². The Hall–Kier alpha value is -0.620. The summed E-state index contributed by atoms with van der Waals surface area (Å²) < 4.78 is 25.5. The molecule has 5 nitrogen and oxygen atoms in total. The summed E-state index contributed by atoms with van der Waals surface area (Å²) in [6.45, 7) is 4.64. The van der Waals surface area contributed by atoms with Crippen molar-refractivity contribution in [2.75, 3.05) is 18.8 Å². The average Bonchev–Trinajstić information content (AvgIpc) is 2.15. The highest BCUT2D eigenvalue weighted by atomic mass is 32.2. The largest absolute Gasteiger partial charge is 0.481 e. The quantitative estimate of drug-likeness (QED) is 0.807. The van der Waals surface area contributed by atoms with Gasteiger partial charge in [0, 0.05) is 19.5 Å². The molecular weight excluding hydrogens is 242 g/mol. The van der Waals surface area contributed by atoms with Crippen LogP contribution in [-0.4, -0.2) is 42.6 Å². The van der Waals surface area contributed by atoms with E-state index in [4.69, 9.17) is 5.11 Å². The minimum Gasteiger partial charge on any atom is -0.481 e. The molecule has 1 N–H and O–H groups in total. The van der Waals surface area contributed by atoms with E-state index < -0.39 is 16.0 Å². The SMILES string of the molecule is CC(C)CS(=O)(=O)N1CCCC(CC(=O)O)C1. The second-order valence-electron chi connectivity index (χ2n) is 5.14. The van der Waals surface area contributed by atoms with Crippen LogP contribution in [-0.2, 0) is 14.8 Å². The summed E-state index contributed by atoms with van der Waals surface area (Å²) in [5.74, 6) is -0.645. The van der Waals surface area contributed by atoms with Crippen LogP contribution in [0.2, 0.25) is 0 Å². The fraction of sp³-hybridized carbons (Fsp3) is 0.909. The zero-order chi connectivity index (χ0) is 13.1. The number of aliphatic carboxylic acids is 1. The van der Waals surface area contributed by atoms with E-state index in [1.54, 1.807) is 0 Å². The number of rotatable bonds is 5. The van der Waals surface area contributed by atoms with Gasteiger partial charge in [-0.05, 0) is 24.7 Å². The fourth-order valence-corrected chi connectivity index (χ4v) is 4.12. The van der Waals surface area contributed by atoms with Crippen LogP contribution in [0.25, 0.3) is 0 Å². The summed E-state index contributed by atoms with van der Waals surface area (Å²) in [4.78, 5) is 10.6. The number of carboxylic acids is 1. The summed E-state index contributed by atoms with van der Waals surface area (Å²) >= 11 is 0. The summed E-state index contributed by atoms with van der Waals surface area (Å²) in [6, 6.07) is 0. The van der Waals surface area contributed by atoms with Crippen LogP contribution in [0, 0.1) is 11.8 Å². The summed E-state index contributed by atoms with van der Waals surface area (Å²) in [7, 11) is -3.21. The normalized spacial score (nSPS) is 22.9. The Labute approximate surface area is 103 Å². The molecule has 1 rings (SSSR count). The van der Waals surface area contributed by atoms with E-state index in [1.165, 1.54) is 4.31 Å². The molecule has 0 bridgehead atoms. The van der Waals surface area contributed by atoms with Crippen molar-refractivity contribution in [3.63, 3.8) is 0 Å². The van der Waals surface area contributed by atoms with E-state index >= 15 is 0 Å². The molecule has 1 fully saturated rings. The number of sulfonamides is 1. The third kappa shape index (κ3) is 4.63. The lowest BCUT2D eigenvalue weighted by Crippen LogP contribution is -2.42. The fourth-order valence-electron chi connectivity index (χ4n) is 2.22. The van der Waals surface area contributed by atoms with Gasteiger partial charge in [0.15, 0.2) is 0 Å². The predicted molar refractivity (Wildman–Crippen MR) is 65.2 cm³/mol. The molecule has 0 aliphatic carbocycles. The van der Waals surface area contributed by atoms with Gasteiger partial charge in [-0.3, -0.25) is 4.79 Å². The zero-order valence-electron chi connectivity index (χ0n) is 10.4. The lowest BCUT2D eigenvalue weighted by molar-refractivity contribution is -0.138. The van der Waals surface area contributed by atoms with E-state index in [0.717, 1.165) is 12.8 Å². The van der Waals surface area contributed by atoms with Crippen molar-refractivity contribution >= 4 is 16.0 Å². The molecule has 1 aliphatic heterocycles. The first-order valence-electron chi connectivity index (χ1n) is 6.01. The molecule has 0 saturated carbocycles. The molecule has 6 heteroatoms. The molecule has 0 aromatic rings. The second-order valence-corrected chi connectivity index (χ2v) is 7.15. The van der Waals surface area contributed by atoms with Crippen LogP contribution in [0.1, 0.15) is 33.1 Å². The first-order chi connectivity index (χ1) is 7.81. The third-order valence-electron chi connectivity index (χ3n) is 2.88. The first-order valence-corrected chi connectivity index (χ1v) is 7.62. The minimum atomic E-state index is -3.21. The van der Waals surface area contributed by atoms with Gasteiger partial charge < -0.3 is 5.11 Å². The van der Waals surface area contributed by atoms with Crippen molar-refractivity contribution in [1.82, 2.24) is 4.31 Å².